The smallest absolute Gasteiger partial charge is 0.148 e. The molecule has 0 amide bonds. The molecular formula is C12H12Br2N4. The lowest BCUT2D eigenvalue weighted by Gasteiger charge is -2.19. The Bertz CT molecular complexity index is 542. The Morgan fingerprint density at radius 1 is 1.17 bits per heavy atom. The Morgan fingerprint density at radius 3 is 2.50 bits per heavy atom. The molecule has 2 rings (SSSR count). The van der Waals surface area contributed by atoms with Crippen LogP contribution in [-0.4, -0.2) is 17.0 Å². The Kier molecular flexibility index (Phi) is 4.19. The third-order valence-corrected chi connectivity index (χ3v) is 3.78. The van der Waals surface area contributed by atoms with Crippen LogP contribution in [0, 0.1) is 0 Å². The Labute approximate surface area is 122 Å². The molecule has 0 fully saturated rings. The van der Waals surface area contributed by atoms with Gasteiger partial charge in [-0.25, -0.2) is 9.97 Å². The topological polar surface area (TPSA) is 55.0 Å². The van der Waals surface area contributed by atoms with Gasteiger partial charge < -0.3 is 10.6 Å². The van der Waals surface area contributed by atoms with Gasteiger partial charge in [0.1, 0.15) is 22.4 Å². The van der Waals surface area contributed by atoms with Crippen LogP contribution in [0.3, 0.4) is 0 Å². The van der Waals surface area contributed by atoms with Gasteiger partial charge >= 0.3 is 0 Å². The van der Waals surface area contributed by atoms with Crippen LogP contribution in [0.1, 0.15) is 5.56 Å². The first-order valence-electron chi connectivity index (χ1n) is 5.29. The number of hydrogen-bond acceptors (Lipinski definition) is 4. The van der Waals surface area contributed by atoms with E-state index in [1.807, 2.05) is 24.1 Å². The van der Waals surface area contributed by atoms with Gasteiger partial charge in [0.25, 0.3) is 0 Å². The van der Waals surface area contributed by atoms with Crippen LogP contribution in [0.25, 0.3) is 0 Å². The Balaban J connectivity index is 2.19. The average molecular weight is 372 g/mol. The highest BCUT2D eigenvalue weighted by molar-refractivity contribution is 9.11. The van der Waals surface area contributed by atoms with Crippen molar-refractivity contribution in [2.24, 2.45) is 0 Å². The molecule has 0 aliphatic rings. The summed E-state index contributed by atoms with van der Waals surface area (Å²) in [6.07, 6.45) is 1.47. The van der Waals surface area contributed by atoms with Crippen molar-refractivity contribution in [3.63, 3.8) is 0 Å². The first kappa shape index (κ1) is 13.3. The van der Waals surface area contributed by atoms with Gasteiger partial charge in [0.15, 0.2) is 0 Å². The second kappa shape index (κ2) is 5.67. The van der Waals surface area contributed by atoms with Crippen molar-refractivity contribution >= 4 is 43.5 Å². The lowest BCUT2D eigenvalue weighted by molar-refractivity contribution is 0.887. The third-order valence-electron chi connectivity index (χ3n) is 2.49. The number of nitrogens with zero attached hydrogens (tertiary/aromatic N) is 3. The van der Waals surface area contributed by atoms with Gasteiger partial charge in [-0.1, -0.05) is 28.1 Å². The van der Waals surface area contributed by atoms with E-state index in [1.165, 1.54) is 11.9 Å². The molecule has 0 radical (unpaired) electrons. The maximum absolute atomic E-state index is 5.74. The van der Waals surface area contributed by atoms with Crippen molar-refractivity contribution in [1.82, 2.24) is 9.97 Å². The molecule has 0 bridgehead atoms. The number of anilines is 2. The summed E-state index contributed by atoms with van der Waals surface area (Å²) < 4.78 is 1.80. The molecule has 1 aromatic heterocycles. The number of halogens is 2. The van der Waals surface area contributed by atoms with Gasteiger partial charge in [0.2, 0.25) is 0 Å². The minimum atomic E-state index is 0.447. The van der Waals surface area contributed by atoms with Crippen molar-refractivity contribution in [1.29, 1.82) is 0 Å². The van der Waals surface area contributed by atoms with Crippen molar-refractivity contribution in [2.45, 2.75) is 6.54 Å². The van der Waals surface area contributed by atoms with Crippen LogP contribution in [0.15, 0.2) is 39.5 Å². The number of aromatic nitrogens is 2. The summed E-state index contributed by atoms with van der Waals surface area (Å²) in [5.74, 6) is 1.23. The number of rotatable bonds is 3. The van der Waals surface area contributed by atoms with Crippen molar-refractivity contribution in [3.8, 4) is 0 Å². The van der Waals surface area contributed by atoms with Gasteiger partial charge in [0, 0.05) is 18.1 Å². The van der Waals surface area contributed by atoms with Crippen LogP contribution in [0.2, 0.25) is 0 Å². The van der Waals surface area contributed by atoms with Gasteiger partial charge in [-0.15, -0.1) is 0 Å². The van der Waals surface area contributed by atoms with Gasteiger partial charge in [-0.2, -0.15) is 0 Å². The standard InChI is InChI=1S/C12H12Br2N4/c1-18(6-8-2-4-9(13)5-3-8)12-10(14)11(15)16-7-17-12/h2-5,7H,6H2,1H3,(H2,15,16,17). The van der Waals surface area contributed by atoms with Gasteiger partial charge in [0.05, 0.1) is 0 Å². The number of benzene rings is 1. The highest BCUT2D eigenvalue weighted by Gasteiger charge is 2.10. The molecule has 94 valence electrons. The third kappa shape index (κ3) is 3.00. The molecule has 0 atom stereocenters. The molecule has 18 heavy (non-hydrogen) atoms. The SMILES string of the molecule is CN(Cc1ccc(Br)cc1)c1ncnc(N)c1Br. The molecule has 4 nitrogen and oxygen atoms in total. The summed E-state index contributed by atoms with van der Waals surface area (Å²) in [6.45, 7) is 0.752. The molecular weight excluding hydrogens is 360 g/mol. The lowest BCUT2D eigenvalue weighted by Crippen LogP contribution is -2.18. The molecule has 2 aromatic rings. The van der Waals surface area contributed by atoms with E-state index < -0.39 is 0 Å². The van der Waals surface area contributed by atoms with Crippen LogP contribution in [0.5, 0.6) is 0 Å². The molecule has 2 N–H and O–H groups in total. The molecule has 0 aliphatic carbocycles. The maximum Gasteiger partial charge on any atom is 0.148 e. The fourth-order valence-electron chi connectivity index (χ4n) is 1.58. The van der Waals surface area contributed by atoms with E-state index in [-0.39, 0.29) is 0 Å². The maximum atomic E-state index is 5.74. The predicted octanol–water partition coefficient (Wildman–Crippen LogP) is 3.22. The number of nitrogens with two attached hydrogens (primary N) is 1. The van der Waals surface area contributed by atoms with Gasteiger partial charge in [-0.3, -0.25) is 0 Å². The Morgan fingerprint density at radius 2 is 1.83 bits per heavy atom. The van der Waals surface area contributed by atoms with Crippen molar-refractivity contribution in [3.05, 3.63) is 45.1 Å². The van der Waals surface area contributed by atoms with E-state index in [1.54, 1.807) is 0 Å². The van der Waals surface area contributed by atoms with Crippen LogP contribution >= 0.6 is 31.9 Å². The van der Waals surface area contributed by atoms with E-state index in [9.17, 15) is 0 Å². The highest BCUT2D eigenvalue weighted by Crippen LogP contribution is 2.27. The zero-order valence-electron chi connectivity index (χ0n) is 9.77. The second-order valence-electron chi connectivity index (χ2n) is 3.88. The normalized spacial score (nSPS) is 10.4. The summed E-state index contributed by atoms with van der Waals surface area (Å²) in [4.78, 5) is 10.2. The van der Waals surface area contributed by atoms with Crippen LogP contribution < -0.4 is 10.6 Å². The summed E-state index contributed by atoms with van der Waals surface area (Å²) >= 11 is 6.83. The summed E-state index contributed by atoms with van der Waals surface area (Å²) in [5, 5.41) is 0. The molecule has 6 heteroatoms. The largest absolute Gasteiger partial charge is 0.383 e. The zero-order chi connectivity index (χ0) is 13.1. The van der Waals surface area contributed by atoms with E-state index in [0.29, 0.717) is 5.82 Å². The molecule has 0 unspecified atom stereocenters. The van der Waals surface area contributed by atoms with Crippen LogP contribution in [-0.2, 0) is 6.54 Å². The molecule has 0 aliphatic heterocycles. The van der Waals surface area contributed by atoms with E-state index in [2.05, 4.69) is 54.0 Å². The quantitative estimate of drug-likeness (QED) is 0.899. The first-order valence-corrected chi connectivity index (χ1v) is 6.88. The minimum Gasteiger partial charge on any atom is -0.383 e. The number of hydrogen-bond donors (Lipinski definition) is 1. The first-order chi connectivity index (χ1) is 8.58. The molecule has 1 aromatic carbocycles. The number of nitrogen functional groups attached to an aromatic ring is 1. The summed E-state index contributed by atoms with van der Waals surface area (Å²) in [5.41, 5.74) is 6.94. The Hall–Kier alpha value is -1.14. The van der Waals surface area contributed by atoms with Crippen molar-refractivity contribution < 1.29 is 0 Å². The van der Waals surface area contributed by atoms with Crippen molar-refractivity contribution in [2.75, 3.05) is 17.7 Å². The molecule has 1 heterocycles. The second-order valence-corrected chi connectivity index (χ2v) is 5.59. The molecule has 0 spiro atoms. The lowest BCUT2D eigenvalue weighted by atomic mass is 10.2. The van der Waals surface area contributed by atoms with E-state index in [0.717, 1.165) is 21.3 Å². The summed E-state index contributed by atoms with van der Waals surface area (Å²) in [6, 6.07) is 8.18. The van der Waals surface area contributed by atoms with E-state index in [4.69, 9.17) is 5.73 Å². The molecule has 0 saturated carbocycles. The highest BCUT2D eigenvalue weighted by atomic mass is 79.9. The van der Waals surface area contributed by atoms with E-state index >= 15 is 0 Å². The predicted molar refractivity (Wildman–Crippen MR) is 80.4 cm³/mol. The average Bonchev–Trinajstić information content (AvgIpc) is 2.35. The van der Waals surface area contributed by atoms with Crippen LogP contribution in [0.4, 0.5) is 11.6 Å². The summed E-state index contributed by atoms with van der Waals surface area (Å²) in [7, 11) is 1.97. The molecule has 0 saturated heterocycles. The minimum absolute atomic E-state index is 0.447. The fourth-order valence-corrected chi connectivity index (χ4v) is 2.35. The fraction of sp³-hybridized carbons (Fsp3) is 0.167. The monoisotopic (exact) mass is 370 g/mol. The zero-order valence-corrected chi connectivity index (χ0v) is 12.9. The van der Waals surface area contributed by atoms with Gasteiger partial charge in [-0.05, 0) is 33.6 Å².